The molecule has 2 saturated carbocycles. The fraction of sp³-hybridized carbons (Fsp3) is 1.00. The van der Waals surface area contributed by atoms with Gasteiger partial charge in [0.2, 0.25) is 0 Å². The van der Waals surface area contributed by atoms with E-state index in [-0.39, 0.29) is 0 Å². The molecule has 4 aliphatic rings. The third-order valence-electron chi connectivity index (χ3n) is 6.00. The van der Waals surface area contributed by atoms with Gasteiger partial charge in [-0.1, -0.05) is 12.8 Å². The maximum absolute atomic E-state index is 5.93. The van der Waals surface area contributed by atoms with Gasteiger partial charge in [-0.2, -0.15) is 0 Å². The highest BCUT2D eigenvalue weighted by Crippen LogP contribution is 2.35. The lowest BCUT2D eigenvalue weighted by Gasteiger charge is -2.39. The lowest BCUT2D eigenvalue weighted by atomic mass is 9.85. The van der Waals surface area contributed by atoms with Crippen LogP contribution in [-0.4, -0.2) is 48.8 Å². The maximum Gasteiger partial charge on any atom is 0.0730 e. The monoisotopic (exact) mass is 264 g/mol. The number of hydrogen-bond donors (Lipinski definition) is 1. The van der Waals surface area contributed by atoms with Gasteiger partial charge in [-0.15, -0.1) is 0 Å². The molecule has 2 aliphatic heterocycles. The van der Waals surface area contributed by atoms with E-state index in [0.717, 1.165) is 37.2 Å². The smallest absolute Gasteiger partial charge is 0.0730 e. The average molecular weight is 264 g/mol. The first-order chi connectivity index (χ1) is 9.40. The Bertz CT molecular complexity index is 308. The number of ether oxygens (including phenoxy) is 1. The number of morpholine rings is 1. The van der Waals surface area contributed by atoms with Crippen LogP contribution in [-0.2, 0) is 4.74 Å². The molecule has 0 bridgehead atoms. The minimum Gasteiger partial charge on any atom is -0.375 e. The molecular formula is C16H28N2O. The standard InChI is InChI=1S/C16H28N2O/c1-2-5-14-12(4-1)10-13(17-14)11-18-8-9-19-16-7-3-6-15(16)18/h12-17H,1-11H2. The molecule has 2 aliphatic carbocycles. The van der Waals surface area contributed by atoms with E-state index >= 15 is 0 Å². The van der Waals surface area contributed by atoms with Crippen LogP contribution in [0.3, 0.4) is 0 Å². The van der Waals surface area contributed by atoms with Crippen molar-refractivity contribution in [1.82, 2.24) is 10.2 Å². The molecule has 108 valence electrons. The lowest BCUT2D eigenvalue weighted by molar-refractivity contribution is -0.0577. The second-order valence-electron chi connectivity index (χ2n) is 7.15. The predicted octanol–water partition coefficient (Wildman–Crippen LogP) is 2.16. The Kier molecular flexibility index (Phi) is 3.55. The highest BCUT2D eigenvalue weighted by Gasteiger charge is 2.40. The molecule has 0 aromatic rings. The van der Waals surface area contributed by atoms with Crippen molar-refractivity contribution in [2.45, 2.75) is 75.6 Å². The van der Waals surface area contributed by atoms with Crippen molar-refractivity contribution in [2.75, 3.05) is 19.7 Å². The topological polar surface area (TPSA) is 24.5 Å². The SMILES string of the molecule is C1CCC2NC(CN3CCOC4CCCC43)CC2C1. The molecule has 3 heteroatoms. The Hall–Kier alpha value is -0.120. The van der Waals surface area contributed by atoms with Crippen LogP contribution >= 0.6 is 0 Å². The summed E-state index contributed by atoms with van der Waals surface area (Å²) >= 11 is 0. The van der Waals surface area contributed by atoms with Gasteiger partial charge in [-0.25, -0.2) is 0 Å². The van der Waals surface area contributed by atoms with Gasteiger partial charge in [0.15, 0.2) is 0 Å². The van der Waals surface area contributed by atoms with Crippen LogP contribution in [0, 0.1) is 5.92 Å². The van der Waals surface area contributed by atoms with Crippen molar-refractivity contribution >= 4 is 0 Å². The van der Waals surface area contributed by atoms with E-state index in [9.17, 15) is 0 Å². The van der Waals surface area contributed by atoms with Crippen molar-refractivity contribution in [1.29, 1.82) is 0 Å². The summed E-state index contributed by atoms with van der Waals surface area (Å²) in [6.45, 7) is 3.40. The van der Waals surface area contributed by atoms with Crippen LogP contribution in [0.4, 0.5) is 0 Å². The van der Waals surface area contributed by atoms with Crippen LogP contribution in [0.1, 0.15) is 51.4 Å². The van der Waals surface area contributed by atoms with E-state index in [0.29, 0.717) is 6.10 Å². The Morgan fingerprint density at radius 3 is 2.95 bits per heavy atom. The summed E-state index contributed by atoms with van der Waals surface area (Å²) in [5, 5.41) is 3.94. The van der Waals surface area contributed by atoms with E-state index in [1.165, 1.54) is 57.9 Å². The van der Waals surface area contributed by atoms with Gasteiger partial charge in [0, 0.05) is 31.2 Å². The fourth-order valence-electron chi connectivity index (χ4n) is 5.09. The molecular weight excluding hydrogens is 236 g/mol. The molecule has 4 fully saturated rings. The second-order valence-corrected chi connectivity index (χ2v) is 7.15. The quantitative estimate of drug-likeness (QED) is 0.827. The molecule has 19 heavy (non-hydrogen) atoms. The summed E-state index contributed by atoms with van der Waals surface area (Å²) in [6.07, 6.45) is 11.8. The fourth-order valence-corrected chi connectivity index (χ4v) is 5.09. The number of nitrogens with one attached hydrogen (secondary N) is 1. The molecule has 5 unspecified atom stereocenters. The minimum atomic E-state index is 0.553. The summed E-state index contributed by atoms with van der Waals surface area (Å²) in [5.41, 5.74) is 0. The molecule has 0 radical (unpaired) electrons. The molecule has 0 spiro atoms. The highest BCUT2D eigenvalue weighted by molar-refractivity contribution is 4.97. The zero-order valence-electron chi connectivity index (χ0n) is 12.0. The Labute approximate surface area is 117 Å². The largest absolute Gasteiger partial charge is 0.375 e. The lowest BCUT2D eigenvalue weighted by Crippen LogP contribution is -2.52. The van der Waals surface area contributed by atoms with E-state index in [4.69, 9.17) is 4.74 Å². The maximum atomic E-state index is 5.93. The Balaban J connectivity index is 1.36. The molecule has 1 N–H and O–H groups in total. The normalized spacial score (nSPS) is 47.1. The Morgan fingerprint density at radius 1 is 1.05 bits per heavy atom. The van der Waals surface area contributed by atoms with E-state index in [1.807, 2.05) is 0 Å². The van der Waals surface area contributed by atoms with Gasteiger partial charge in [0.25, 0.3) is 0 Å². The van der Waals surface area contributed by atoms with Crippen molar-refractivity contribution < 1.29 is 4.74 Å². The van der Waals surface area contributed by atoms with E-state index < -0.39 is 0 Å². The Morgan fingerprint density at radius 2 is 2.00 bits per heavy atom. The summed E-state index contributed by atoms with van der Waals surface area (Å²) in [4.78, 5) is 2.75. The number of rotatable bonds is 2. The van der Waals surface area contributed by atoms with Crippen LogP contribution in [0.5, 0.6) is 0 Å². The third kappa shape index (κ3) is 2.45. The van der Waals surface area contributed by atoms with E-state index in [1.54, 1.807) is 0 Å². The van der Waals surface area contributed by atoms with Crippen molar-refractivity contribution in [3.8, 4) is 0 Å². The second kappa shape index (κ2) is 5.34. The van der Waals surface area contributed by atoms with Crippen molar-refractivity contribution in [3.05, 3.63) is 0 Å². The van der Waals surface area contributed by atoms with Crippen molar-refractivity contribution in [2.24, 2.45) is 5.92 Å². The summed E-state index contributed by atoms with van der Waals surface area (Å²) in [5.74, 6) is 0.985. The van der Waals surface area contributed by atoms with Gasteiger partial charge < -0.3 is 10.1 Å². The molecule has 0 aromatic heterocycles. The molecule has 5 atom stereocenters. The number of fused-ring (bicyclic) bond motifs is 2. The first-order valence-electron chi connectivity index (χ1n) is 8.52. The summed E-state index contributed by atoms with van der Waals surface area (Å²) in [7, 11) is 0. The van der Waals surface area contributed by atoms with Gasteiger partial charge in [-0.3, -0.25) is 4.90 Å². The first-order valence-corrected chi connectivity index (χ1v) is 8.52. The molecule has 0 aromatic carbocycles. The van der Waals surface area contributed by atoms with Crippen molar-refractivity contribution in [3.63, 3.8) is 0 Å². The van der Waals surface area contributed by atoms with Gasteiger partial charge >= 0.3 is 0 Å². The van der Waals surface area contributed by atoms with Gasteiger partial charge in [0.1, 0.15) is 0 Å². The molecule has 2 saturated heterocycles. The van der Waals surface area contributed by atoms with Crippen LogP contribution < -0.4 is 5.32 Å². The minimum absolute atomic E-state index is 0.553. The number of hydrogen-bond acceptors (Lipinski definition) is 3. The number of nitrogens with zero attached hydrogens (tertiary/aromatic N) is 1. The molecule has 0 amide bonds. The molecule has 2 heterocycles. The van der Waals surface area contributed by atoms with Crippen LogP contribution in [0.25, 0.3) is 0 Å². The zero-order chi connectivity index (χ0) is 12.7. The zero-order valence-corrected chi connectivity index (χ0v) is 12.0. The first kappa shape index (κ1) is 12.6. The van der Waals surface area contributed by atoms with Gasteiger partial charge in [0.05, 0.1) is 12.7 Å². The van der Waals surface area contributed by atoms with Gasteiger partial charge in [-0.05, 0) is 44.4 Å². The molecule has 4 rings (SSSR count). The molecule has 3 nitrogen and oxygen atoms in total. The summed E-state index contributed by atoms with van der Waals surface area (Å²) in [6, 6.07) is 2.34. The highest BCUT2D eigenvalue weighted by atomic mass is 16.5. The average Bonchev–Trinajstić information content (AvgIpc) is 3.04. The van der Waals surface area contributed by atoms with Crippen LogP contribution in [0.2, 0.25) is 0 Å². The predicted molar refractivity (Wildman–Crippen MR) is 76.2 cm³/mol. The third-order valence-corrected chi connectivity index (χ3v) is 6.00. The summed E-state index contributed by atoms with van der Waals surface area (Å²) < 4.78 is 5.93. The van der Waals surface area contributed by atoms with Crippen LogP contribution in [0.15, 0.2) is 0 Å². The van der Waals surface area contributed by atoms with E-state index in [2.05, 4.69) is 10.2 Å².